The first-order valence-electron chi connectivity index (χ1n) is 7.92. The molecule has 0 saturated heterocycles. The Hall–Kier alpha value is -2.52. The third kappa shape index (κ3) is 2.85. The standard InChI is InChI=1S/C16H18N6O2S/c1-9-5-10-11(24-8-23-10)6-12(9)25-16-21-13-14(18)19-7-20-15(13)22(16)4-2-3-17/h5-7H,2-4,8,17H2,1H3,(H2,18,19,20). The molecule has 1 aliphatic heterocycles. The van der Waals surface area contributed by atoms with Gasteiger partial charge in [-0.2, -0.15) is 0 Å². The van der Waals surface area contributed by atoms with Crippen molar-refractivity contribution < 1.29 is 9.47 Å². The molecule has 9 heteroatoms. The number of anilines is 1. The van der Waals surface area contributed by atoms with Crippen LogP contribution in [0.25, 0.3) is 11.2 Å². The van der Waals surface area contributed by atoms with Gasteiger partial charge in [-0.1, -0.05) is 11.8 Å². The third-order valence-electron chi connectivity index (χ3n) is 3.98. The average molecular weight is 358 g/mol. The molecule has 4 rings (SSSR count). The van der Waals surface area contributed by atoms with Crippen LogP contribution in [-0.2, 0) is 6.54 Å². The van der Waals surface area contributed by atoms with Crippen molar-refractivity contribution in [1.29, 1.82) is 0 Å². The van der Waals surface area contributed by atoms with Gasteiger partial charge < -0.3 is 25.5 Å². The molecule has 0 fully saturated rings. The molecule has 25 heavy (non-hydrogen) atoms. The quantitative estimate of drug-likeness (QED) is 0.711. The van der Waals surface area contributed by atoms with Gasteiger partial charge in [0.05, 0.1) is 0 Å². The first kappa shape index (κ1) is 16.0. The van der Waals surface area contributed by atoms with Crippen LogP contribution in [0.4, 0.5) is 5.82 Å². The maximum Gasteiger partial charge on any atom is 0.231 e. The summed E-state index contributed by atoms with van der Waals surface area (Å²) in [5.74, 6) is 1.89. The van der Waals surface area contributed by atoms with Gasteiger partial charge >= 0.3 is 0 Å². The van der Waals surface area contributed by atoms with E-state index < -0.39 is 0 Å². The molecule has 1 aliphatic rings. The van der Waals surface area contributed by atoms with Gasteiger partial charge in [-0.25, -0.2) is 15.0 Å². The van der Waals surface area contributed by atoms with Crippen LogP contribution in [0, 0.1) is 6.92 Å². The van der Waals surface area contributed by atoms with Crippen LogP contribution in [-0.4, -0.2) is 32.9 Å². The predicted molar refractivity (Wildman–Crippen MR) is 94.8 cm³/mol. The van der Waals surface area contributed by atoms with Crippen molar-refractivity contribution in [3.05, 3.63) is 24.0 Å². The largest absolute Gasteiger partial charge is 0.454 e. The average Bonchev–Trinajstić information content (AvgIpc) is 3.18. The molecular weight excluding hydrogens is 340 g/mol. The lowest BCUT2D eigenvalue weighted by Crippen LogP contribution is -2.07. The Morgan fingerprint density at radius 3 is 2.84 bits per heavy atom. The predicted octanol–water partition coefficient (Wildman–Crippen LogP) is 1.95. The van der Waals surface area contributed by atoms with Gasteiger partial charge in [-0.05, 0) is 37.6 Å². The summed E-state index contributed by atoms with van der Waals surface area (Å²) < 4.78 is 12.9. The Morgan fingerprint density at radius 1 is 1.24 bits per heavy atom. The number of nitrogens with two attached hydrogens (primary N) is 2. The second-order valence-electron chi connectivity index (χ2n) is 5.69. The maximum absolute atomic E-state index is 5.97. The number of nitrogen functional groups attached to an aromatic ring is 1. The molecule has 0 atom stereocenters. The molecule has 0 amide bonds. The van der Waals surface area contributed by atoms with Crippen LogP contribution in [0.3, 0.4) is 0 Å². The van der Waals surface area contributed by atoms with Crippen molar-refractivity contribution in [3.8, 4) is 11.5 Å². The molecule has 0 unspecified atom stereocenters. The lowest BCUT2D eigenvalue weighted by molar-refractivity contribution is 0.174. The van der Waals surface area contributed by atoms with E-state index in [1.807, 2.05) is 23.6 Å². The molecule has 8 nitrogen and oxygen atoms in total. The first-order valence-corrected chi connectivity index (χ1v) is 8.74. The lowest BCUT2D eigenvalue weighted by Gasteiger charge is -2.09. The Morgan fingerprint density at radius 2 is 2.04 bits per heavy atom. The van der Waals surface area contributed by atoms with E-state index in [1.54, 1.807) is 11.8 Å². The molecular formula is C16H18N6O2S. The molecule has 130 valence electrons. The number of ether oxygens (including phenoxy) is 2. The minimum Gasteiger partial charge on any atom is -0.454 e. The number of benzene rings is 1. The van der Waals surface area contributed by atoms with Gasteiger partial charge in [0.2, 0.25) is 6.79 Å². The maximum atomic E-state index is 5.97. The first-order chi connectivity index (χ1) is 12.2. The van der Waals surface area contributed by atoms with Crippen LogP contribution in [0.1, 0.15) is 12.0 Å². The summed E-state index contributed by atoms with van der Waals surface area (Å²) >= 11 is 1.54. The van der Waals surface area contributed by atoms with E-state index >= 15 is 0 Å². The van der Waals surface area contributed by atoms with Crippen LogP contribution in [0.5, 0.6) is 11.5 Å². The minimum absolute atomic E-state index is 0.254. The van der Waals surface area contributed by atoms with Gasteiger partial charge in [0.15, 0.2) is 33.6 Å². The van der Waals surface area contributed by atoms with E-state index in [-0.39, 0.29) is 6.79 Å². The zero-order valence-corrected chi connectivity index (χ0v) is 14.5. The van der Waals surface area contributed by atoms with Gasteiger partial charge in [0, 0.05) is 11.4 Å². The van der Waals surface area contributed by atoms with Crippen LogP contribution in [0.2, 0.25) is 0 Å². The van der Waals surface area contributed by atoms with Crippen molar-refractivity contribution in [2.24, 2.45) is 5.73 Å². The number of nitrogens with zero attached hydrogens (tertiary/aromatic N) is 4. The van der Waals surface area contributed by atoms with Crippen molar-refractivity contribution in [3.63, 3.8) is 0 Å². The SMILES string of the molecule is Cc1cc2c(cc1Sc1nc3c(N)ncnc3n1CCCN)OCO2. The number of aromatic nitrogens is 4. The Balaban J connectivity index is 1.77. The molecule has 3 aromatic rings. The molecule has 0 aliphatic carbocycles. The fourth-order valence-corrected chi connectivity index (χ4v) is 3.70. The molecule has 4 N–H and O–H groups in total. The van der Waals surface area contributed by atoms with E-state index in [2.05, 4.69) is 15.0 Å². The van der Waals surface area contributed by atoms with Crippen molar-refractivity contribution >= 4 is 28.7 Å². The van der Waals surface area contributed by atoms with Gasteiger partial charge in [-0.3, -0.25) is 0 Å². The fraction of sp³-hybridized carbons (Fsp3) is 0.312. The molecule has 2 aromatic heterocycles. The highest BCUT2D eigenvalue weighted by atomic mass is 32.2. The number of hydrogen-bond acceptors (Lipinski definition) is 8. The molecule has 1 aromatic carbocycles. The molecule has 0 bridgehead atoms. The van der Waals surface area contributed by atoms with E-state index in [4.69, 9.17) is 20.9 Å². The number of rotatable bonds is 5. The Labute approximate surface area is 148 Å². The summed E-state index contributed by atoms with van der Waals surface area (Å²) in [6, 6.07) is 3.95. The second-order valence-corrected chi connectivity index (χ2v) is 6.70. The van der Waals surface area contributed by atoms with Crippen molar-refractivity contribution in [2.45, 2.75) is 29.9 Å². The molecule has 0 radical (unpaired) electrons. The highest BCUT2D eigenvalue weighted by Gasteiger charge is 2.20. The van der Waals surface area contributed by atoms with Crippen LogP contribution in [0.15, 0.2) is 28.5 Å². The summed E-state index contributed by atoms with van der Waals surface area (Å²) in [5.41, 5.74) is 14.1. The van der Waals surface area contributed by atoms with Gasteiger partial charge in [0.25, 0.3) is 0 Å². The molecule has 0 saturated carbocycles. The minimum atomic E-state index is 0.254. The van der Waals surface area contributed by atoms with E-state index in [9.17, 15) is 0 Å². The highest BCUT2D eigenvalue weighted by molar-refractivity contribution is 7.99. The van der Waals surface area contributed by atoms with Gasteiger partial charge in [0.1, 0.15) is 6.33 Å². The van der Waals surface area contributed by atoms with E-state index in [0.29, 0.717) is 17.9 Å². The van der Waals surface area contributed by atoms with Crippen molar-refractivity contribution in [2.75, 3.05) is 19.1 Å². The number of aryl methyl sites for hydroxylation is 2. The fourth-order valence-electron chi connectivity index (χ4n) is 2.70. The Bertz CT molecular complexity index is 942. The topological polar surface area (TPSA) is 114 Å². The number of imidazole rings is 1. The second kappa shape index (κ2) is 6.41. The van der Waals surface area contributed by atoms with E-state index in [1.165, 1.54) is 6.33 Å². The van der Waals surface area contributed by atoms with E-state index in [0.717, 1.165) is 45.7 Å². The summed E-state index contributed by atoms with van der Waals surface area (Å²) in [5, 5.41) is 0.803. The molecule has 0 spiro atoms. The van der Waals surface area contributed by atoms with Crippen molar-refractivity contribution in [1.82, 2.24) is 19.5 Å². The van der Waals surface area contributed by atoms with Gasteiger partial charge in [-0.15, -0.1) is 0 Å². The van der Waals surface area contributed by atoms with Crippen LogP contribution < -0.4 is 20.9 Å². The third-order valence-corrected chi connectivity index (χ3v) is 5.14. The zero-order chi connectivity index (χ0) is 17.4. The monoisotopic (exact) mass is 358 g/mol. The number of hydrogen-bond donors (Lipinski definition) is 2. The Kier molecular flexibility index (Phi) is 4.10. The normalized spacial score (nSPS) is 12.9. The number of fused-ring (bicyclic) bond motifs is 2. The summed E-state index contributed by atoms with van der Waals surface area (Å²) in [7, 11) is 0. The summed E-state index contributed by atoms with van der Waals surface area (Å²) in [6.45, 7) is 3.60. The van der Waals surface area contributed by atoms with Crippen LogP contribution >= 0.6 is 11.8 Å². The molecule has 3 heterocycles. The zero-order valence-electron chi connectivity index (χ0n) is 13.7. The highest BCUT2D eigenvalue weighted by Crippen LogP contribution is 2.40. The lowest BCUT2D eigenvalue weighted by atomic mass is 10.2. The smallest absolute Gasteiger partial charge is 0.231 e. The summed E-state index contributed by atoms with van der Waals surface area (Å²) in [4.78, 5) is 14.1. The summed E-state index contributed by atoms with van der Waals surface area (Å²) in [6.07, 6.45) is 2.28.